The first-order valence-corrected chi connectivity index (χ1v) is 9.92. The van der Waals surface area contributed by atoms with Gasteiger partial charge in [-0.2, -0.15) is 0 Å². The Balaban J connectivity index is 1.73. The molecule has 2 bridgehead atoms. The summed E-state index contributed by atoms with van der Waals surface area (Å²) in [5.74, 6) is 0.109. The van der Waals surface area contributed by atoms with E-state index in [-0.39, 0.29) is 11.9 Å². The van der Waals surface area contributed by atoms with Gasteiger partial charge in [0.15, 0.2) is 10.8 Å². The zero-order chi connectivity index (χ0) is 19.3. The van der Waals surface area contributed by atoms with Crippen molar-refractivity contribution in [2.75, 3.05) is 5.32 Å². The van der Waals surface area contributed by atoms with Crippen LogP contribution in [0.25, 0.3) is 0 Å². The second-order valence-electron chi connectivity index (χ2n) is 7.25. The van der Waals surface area contributed by atoms with Gasteiger partial charge in [0.25, 0.3) is 0 Å². The predicted molar refractivity (Wildman–Crippen MR) is 113 cm³/mol. The lowest BCUT2D eigenvalue weighted by Crippen LogP contribution is -2.70. The Labute approximate surface area is 172 Å². The average molecular weight is 446 g/mol. The molecule has 2 aromatic rings. The van der Waals surface area contributed by atoms with Crippen LogP contribution in [0.1, 0.15) is 29.7 Å². The third kappa shape index (κ3) is 3.19. The molecule has 2 aromatic carbocycles. The van der Waals surface area contributed by atoms with Crippen molar-refractivity contribution in [3.05, 3.63) is 57.6 Å². The standard InChI is InChI=1S/C20H20BrN3O2S/c1-10-4-6-14(11(2)8-10)22-18(25)16-17-13-9-12(21)5-7-15(13)26-20(16,3)24-19(27)23-17/h4-9,16-17H,1-3H3,(H,22,25)(H2,23,24,27)/t16-,17-,20+/m1/s1. The second-order valence-corrected chi connectivity index (χ2v) is 8.58. The van der Waals surface area contributed by atoms with Gasteiger partial charge < -0.3 is 20.7 Å². The molecule has 0 unspecified atom stereocenters. The molecule has 1 fully saturated rings. The molecule has 1 saturated heterocycles. The molecule has 2 aliphatic rings. The molecule has 3 atom stereocenters. The summed E-state index contributed by atoms with van der Waals surface area (Å²) in [5.41, 5.74) is 2.95. The van der Waals surface area contributed by atoms with Gasteiger partial charge in [-0.05, 0) is 62.8 Å². The molecule has 0 aromatic heterocycles. The molecule has 1 amide bonds. The van der Waals surface area contributed by atoms with E-state index in [4.69, 9.17) is 17.0 Å². The highest BCUT2D eigenvalue weighted by Gasteiger charge is 2.54. The van der Waals surface area contributed by atoms with E-state index >= 15 is 0 Å². The van der Waals surface area contributed by atoms with Crippen LogP contribution in [-0.2, 0) is 4.79 Å². The highest BCUT2D eigenvalue weighted by atomic mass is 79.9. The lowest BCUT2D eigenvalue weighted by Gasteiger charge is -2.50. The molecule has 7 heteroatoms. The molecule has 3 N–H and O–H groups in total. The Morgan fingerprint density at radius 2 is 2.04 bits per heavy atom. The maximum absolute atomic E-state index is 13.3. The average Bonchev–Trinajstić information content (AvgIpc) is 2.57. The van der Waals surface area contributed by atoms with Crippen LogP contribution in [0.4, 0.5) is 5.69 Å². The largest absolute Gasteiger partial charge is 0.467 e. The van der Waals surface area contributed by atoms with Gasteiger partial charge in [-0.3, -0.25) is 4.79 Å². The monoisotopic (exact) mass is 445 g/mol. The zero-order valence-electron chi connectivity index (χ0n) is 15.2. The van der Waals surface area contributed by atoms with Gasteiger partial charge in [0.05, 0.1) is 6.04 Å². The van der Waals surface area contributed by atoms with E-state index in [1.807, 2.05) is 57.2 Å². The molecule has 4 rings (SSSR count). The first-order valence-electron chi connectivity index (χ1n) is 8.72. The Hall–Kier alpha value is -2.12. The van der Waals surface area contributed by atoms with Crippen molar-refractivity contribution in [3.63, 3.8) is 0 Å². The molecule has 0 saturated carbocycles. The fraction of sp³-hybridized carbons (Fsp3) is 0.300. The summed E-state index contributed by atoms with van der Waals surface area (Å²) in [7, 11) is 0. The maximum Gasteiger partial charge on any atom is 0.236 e. The summed E-state index contributed by atoms with van der Waals surface area (Å²) < 4.78 is 7.14. The molecular weight excluding hydrogens is 426 g/mol. The van der Waals surface area contributed by atoms with E-state index in [1.54, 1.807) is 0 Å². The molecule has 5 nitrogen and oxygen atoms in total. The van der Waals surface area contributed by atoms with Gasteiger partial charge in [-0.25, -0.2) is 0 Å². The van der Waals surface area contributed by atoms with Crippen molar-refractivity contribution >= 4 is 44.9 Å². The summed E-state index contributed by atoms with van der Waals surface area (Å²) in [4.78, 5) is 13.3. The molecule has 0 aliphatic carbocycles. The van der Waals surface area contributed by atoms with E-state index in [0.29, 0.717) is 5.11 Å². The first-order chi connectivity index (χ1) is 12.8. The van der Waals surface area contributed by atoms with Gasteiger partial charge in [0, 0.05) is 15.7 Å². The van der Waals surface area contributed by atoms with Crippen molar-refractivity contribution in [2.24, 2.45) is 5.92 Å². The van der Waals surface area contributed by atoms with Crippen molar-refractivity contribution in [1.29, 1.82) is 0 Å². The van der Waals surface area contributed by atoms with Crippen LogP contribution in [0.15, 0.2) is 40.9 Å². The second kappa shape index (κ2) is 6.49. The van der Waals surface area contributed by atoms with Gasteiger partial charge in [0.1, 0.15) is 11.7 Å². The van der Waals surface area contributed by atoms with Gasteiger partial charge in [-0.15, -0.1) is 0 Å². The Kier molecular flexibility index (Phi) is 4.39. The van der Waals surface area contributed by atoms with Crippen LogP contribution >= 0.6 is 28.1 Å². The number of thiocarbonyl (C=S) groups is 1. The zero-order valence-corrected chi connectivity index (χ0v) is 17.6. The number of ether oxygens (including phenoxy) is 1. The first kappa shape index (κ1) is 18.3. The lowest BCUT2D eigenvalue weighted by atomic mass is 9.80. The van der Waals surface area contributed by atoms with E-state index in [0.717, 1.165) is 32.6 Å². The number of fused-ring (bicyclic) bond motifs is 4. The Morgan fingerprint density at radius 1 is 1.26 bits per heavy atom. The number of benzene rings is 2. The third-order valence-corrected chi connectivity index (χ3v) is 5.84. The quantitative estimate of drug-likeness (QED) is 0.610. The van der Waals surface area contributed by atoms with Crippen LogP contribution < -0.4 is 20.7 Å². The number of carbonyl (C=O) groups excluding carboxylic acids is 1. The number of amides is 1. The smallest absolute Gasteiger partial charge is 0.236 e. The Morgan fingerprint density at radius 3 is 2.78 bits per heavy atom. The minimum Gasteiger partial charge on any atom is -0.467 e. The van der Waals surface area contributed by atoms with Crippen LogP contribution in [0.5, 0.6) is 5.75 Å². The Bertz CT molecular complexity index is 964. The predicted octanol–water partition coefficient (Wildman–Crippen LogP) is 3.95. The van der Waals surface area contributed by atoms with Gasteiger partial charge >= 0.3 is 0 Å². The minimum atomic E-state index is -0.934. The van der Waals surface area contributed by atoms with E-state index < -0.39 is 11.6 Å². The third-order valence-electron chi connectivity index (χ3n) is 5.13. The summed E-state index contributed by atoms with van der Waals surface area (Å²) in [5, 5.41) is 9.94. The summed E-state index contributed by atoms with van der Waals surface area (Å²) >= 11 is 8.86. The van der Waals surface area contributed by atoms with E-state index in [2.05, 4.69) is 31.9 Å². The van der Waals surface area contributed by atoms with Crippen molar-refractivity contribution in [3.8, 4) is 5.75 Å². The molecule has 27 heavy (non-hydrogen) atoms. The number of nitrogens with one attached hydrogen (secondary N) is 3. The number of rotatable bonds is 2. The summed E-state index contributed by atoms with van der Waals surface area (Å²) in [6.07, 6.45) is 0. The van der Waals surface area contributed by atoms with Crippen molar-refractivity contribution in [1.82, 2.24) is 10.6 Å². The molecular formula is C20H20BrN3O2S. The highest BCUT2D eigenvalue weighted by Crippen LogP contribution is 2.46. The van der Waals surface area contributed by atoms with Crippen molar-refractivity contribution in [2.45, 2.75) is 32.5 Å². The van der Waals surface area contributed by atoms with Crippen LogP contribution in [0.2, 0.25) is 0 Å². The lowest BCUT2D eigenvalue weighted by molar-refractivity contribution is -0.132. The fourth-order valence-corrected chi connectivity index (χ4v) is 4.59. The van der Waals surface area contributed by atoms with Crippen LogP contribution in [-0.4, -0.2) is 16.7 Å². The SMILES string of the molecule is Cc1ccc(NC(=O)[C@H]2[C@@H]3NC(=S)N[C@@]2(C)Oc2ccc(Br)cc23)c(C)c1. The summed E-state index contributed by atoms with van der Waals surface area (Å²) in [6, 6.07) is 11.5. The maximum atomic E-state index is 13.3. The normalized spacial score (nSPS) is 25.6. The van der Waals surface area contributed by atoms with Crippen LogP contribution in [0, 0.1) is 19.8 Å². The van der Waals surface area contributed by atoms with Crippen LogP contribution in [0.3, 0.4) is 0 Å². The van der Waals surface area contributed by atoms with Crippen molar-refractivity contribution < 1.29 is 9.53 Å². The number of halogens is 1. The molecule has 2 aliphatic heterocycles. The number of hydrogen-bond donors (Lipinski definition) is 3. The number of aryl methyl sites for hydroxylation is 2. The number of hydrogen-bond acceptors (Lipinski definition) is 3. The molecule has 0 radical (unpaired) electrons. The van der Waals surface area contributed by atoms with E-state index in [1.165, 1.54) is 0 Å². The summed E-state index contributed by atoms with van der Waals surface area (Å²) in [6.45, 7) is 5.88. The fourth-order valence-electron chi connectivity index (χ4n) is 3.88. The molecule has 2 heterocycles. The van der Waals surface area contributed by atoms with E-state index in [9.17, 15) is 4.79 Å². The topological polar surface area (TPSA) is 62.4 Å². The minimum absolute atomic E-state index is 0.123. The number of carbonyl (C=O) groups is 1. The highest BCUT2D eigenvalue weighted by molar-refractivity contribution is 9.10. The molecule has 140 valence electrons. The number of anilines is 1. The van der Waals surface area contributed by atoms with Gasteiger partial charge in [0.2, 0.25) is 5.91 Å². The molecule has 0 spiro atoms. The van der Waals surface area contributed by atoms with Gasteiger partial charge in [-0.1, -0.05) is 33.6 Å².